The Morgan fingerprint density at radius 2 is 2.12 bits per heavy atom. The monoisotopic (exact) mass is 236 g/mol. The Balaban J connectivity index is 2.53. The van der Waals surface area contributed by atoms with E-state index < -0.39 is 0 Å². The zero-order chi connectivity index (χ0) is 12.9. The van der Waals surface area contributed by atoms with Gasteiger partial charge in [-0.15, -0.1) is 12.3 Å². The first-order valence-corrected chi connectivity index (χ1v) is 6.90. The molecule has 2 unspecified atom stereocenters. The molecule has 0 aromatic carbocycles. The van der Waals surface area contributed by atoms with E-state index in [0.717, 1.165) is 32.5 Å². The topological polar surface area (TPSA) is 15.3 Å². The molecule has 1 heterocycles. The van der Waals surface area contributed by atoms with Crippen LogP contribution in [0.15, 0.2) is 0 Å². The van der Waals surface area contributed by atoms with E-state index >= 15 is 0 Å². The quantitative estimate of drug-likeness (QED) is 0.596. The van der Waals surface area contributed by atoms with Crippen molar-refractivity contribution in [2.75, 3.05) is 19.6 Å². The Hall–Kier alpha value is -0.520. The van der Waals surface area contributed by atoms with Gasteiger partial charge in [0.1, 0.15) is 0 Å². The second-order valence-corrected chi connectivity index (χ2v) is 6.19. The van der Waals surface area contributed by atoms with Gasteiger partial charge in [-0.25, -0.2) is 0 Å². The van der Waals surface area contributed by atoms with Crippen LogP contribution in [0.1, 0.15) is 47.0 Å². The van der Waals surface area contributed by atoms with Gasteiger partial charge in [-0.2, -0.15) is 0 Å². The maximum atomic E-state index is 5.33. The summed E-state index contributed by atoms with van der Waals surface area (Å²) in [4.78, 5) is 2.63. The third-order valence-corrected chi connectivity index (χ3v) is 3.82. The van der Waals surface area contributed by atoms with Gasteiger partial charge < -0.3 is 5.32 Å². The van der Waals surface area contributed by atoms with Crippen LogP contribution < -0.4 is 5.32 Å². The lowest BCUT2D eigenvalue weighted by Crippen LogP contribution is -2.60. The maximum Gasteiger partial charge on any atom is 0.0244 e. The van der Waals surface area contributed by atoms with Crippen LogP contribution in [0.5, 0.6) is 0 Å². The second-order valence-electron chi connectivity index (χ2n) is 6.19. The number of rotatable bonds is 4. The summed E-state index contributed by atoms with van der Waals surface area (Å²) in [6.45, 7) is 12.7. The summed E-state index contributed by atoms with van der Waals surface area (Å²) in [7, 11) is 0. The average Bonchev–Trinajstić information content (AvgIpc) is 2.28. The predicted octanol–water partition coefficient (Wildman–Crippen LogP) is 2.50. The van der Waals surface area contributed by atoms with Crippen LogP contribution in [0.2, 0.25) is 0 Å². The minimum absolute atomic E-state index is 0.336. The van der Waals surface area contributed by atoms with E-state index in [4.69, 9.17) is 6.42 Å². The first kappa shape index (κ1) is 14.5. The Bertz CT molecular complexity index is 259. The largest absolute Gasteiger partial charge is 0.311 e. The van der Waals surface area contributed by atoms with Crippen LogP contribution in [-0.4, -0.2) is 36.6 Å². The summed E-state index contributed by atoms with van der Waals surface area (Å²) >= 11 is 0. The van der Waals surface area contributed by atoms with Crippen molar-refractivity contribution in [2.24, 2.45) is 5.41 Å². The van der Waals surface area contributed by atoms with Gasteiger partial charge in [0.25, 0.3) is 0 Å². The van der Waals surface area contributed by atoms with E-state index in [-0.39, 0.29) is 0 Å². The summed E-state index contributed by atoms with van der Waals surface area (Å²) in [5.74, 6) is 2.74. The van der Waals surface area contributed by atoms with Crippen molar-refractivity contribution < 1.29 is 0 Å². The molecule has 0 bridgehead atoms. The van der Waals surface area contributed by atoms with Gasteiger partial charge in [0.05, 0.1) is 0 Å². The second kappa shape index (κ2) is 6.42. The fourth-order valence-electron chi connectivity index (χ4n) is 2.50. The van der Waals surface area contributed by atoms with Crippen molar-refractivity contribution in [1.82, 2.24) is 10.2 Å². The molecular weight excluding hydrogens is 208 g/mol. The maximum absolute atomic E-state index is 5.33. The molecule has 1 fully saturated rings. The minimum atomic E-state index is 0.336. The van der Waals surface area contributed by atoms with Crippen molar-refractivity contribution in [3.8, 4) is 12.3 Å². The highest BCUT2D eigenvalue weighted by Gasteiger charge is 2.32. The molecule has 0 radical (unpaired) electrons. The molecule has 98 valence electrons. The van der Waals surface area contributed by atoms with Gasteiger partial charge in [-0.1, -0.05) is 27.7 Å². The number of unbranched alkanes of at least 4 members (excludes halogenated alkanes) is 1. The zero-order valence-electron chi connectivity index (χ0n) is 11.9. The summed E-state index contributed by atoms with van der Waals surface area (Å²) in [6.07, 6.45) is 8.58. The molecule has 0 spiro atoms. The third kappa shape index (κ3) is 4.33. The molecule has 0 amide bonds. The molecule has 1 aliphatic rings. The SMILES string of the molecule is C#CCCCN1CC(C(C)(C)C)NCC1CC. The summed E-state index contributed by atoms with van der Waals surface area (Å²) < 4.78 is 0. The number of piperazine rings is 1. The lowest BCUT2D eigenvalue weighted by Gasteiger charge is -2.45. The first-order chi connectivity index (χ1) is 7.99. The highest BCUT2D eigenvalue weighted by atomic mass is 15.2. The number of terminal acetylenes is 1. The Morgan fingerprint density at radius 1 is 1.41 bits per heavy atom. The van der Waals surface area contributed by atoms with Crippen molar-refractivity contribution in [3.05, 3.63) is 0 Å². The third-order valence-electron chi connectivity index (χ3n) is 3.82. The fourth-order valence-corrected chi connectivity index (χ4v) is 2.50. The van der Waals surface area contributed by atoms with Crippen LogP contribution in [0.4, 0.5) is 0 Å². The lowest BCUT2D eigenvalue weighted by atomic mass is 9.84. The molecule has 1 saturated heterocycles. The number of nitrogens with zero attached hydrogens (tertiary/aromatic N) is 1. The molecule has 2 atom stereocenters. The predicted molar refractivity (Wildman–Crippen MR) is 75.0 cm³/mol. The van der Waals surface area contributed by atoms with Gasteiger partial charge in [-0.05, 0) is 24.8 Å². The van der Waals surface area contributed by atoms with E-state index in [1.165, 1.54) is 6.42 Å². The number of nitrogens with one attached hydrogen (secondary N) is 1. The molecule has 0 aromatic rings. The van der Waals surface area contributed by atoms with Crippen LogP contribution in [0.3, 0.4) is 0 Å². The molecule has 1 aliphatic heterocycles. The minimum Gasteiger partial charge on any atom is -0.311 e. The number of hydrogen-bond donors (Lipinski definition) is 1. The molecule has 0 aromatic heterocycles. The van der Waals surface area contributed by atoms with E-state index in [1.54, 1.807) is 0 Å². The van der Waals surface area contributed by atoms with Crippen LogP contribution in [0.25, 0.3) is 0 Å². The van der Waals surface area contributed by atoms with Crippen molar-refractivity contribution in [1.29, 1.82) is 0 Å². The van der Waals surface area contributed by atoms with E-state index in [2.05, 4.69) is 43.8 Å². The van der Waals surface area contributed by atoms with Gasteiger partial charge in [0, 0.05) is 31.6 Å². The molecule has 0 saturated carbocycles. The molecular formula is C15H28N2. The van der Waals surface area contributed by atoms with E-state index in [1.807, 2.05) is 0 Å². The molecule has 1 N–H and O–H groups in total. The highest BCUT2D eigenvalue weighted by Crippen LogP contribution is 2.24. The van der Waals surface area contributed by atoms with Crippen molar-refractivity contribution >= 4 is 0 Å². The average molecular weight is 236 g/mol. The molecule has 0 aliphatic carbocycles. The Labute approximate surface area is 107 Å². The van der Waals surface area contributed by atoms with E-state index in [0.29, 0.717) is 17.5 Å². The van der Waals surface area contributed by atoms with Gasteiger partial charge in [-0.3, -0.25) is 4.90 Å². The van der Waals surface area contributed by atoms with Crippen molar-refractivity contribution in [2.45, 2.75) is 59.0 Å². The lowest BCUT2D eigenvalue weighted by molar-refractivity contribution is 0.0830. The van der Waals surface area contributed by atoms with Gasteiger partial charge >= 0.3 is 0 Å². The van der Waals surface area contributed by atoms with Crippen molar-refractivity contribution in [3.63, 3.8) is 0 Å². The summed E-state index contributed by atoms with van der Waals surface area (Å²) in [5.41, 5.74) is 0.336. The van der Waals surface area contributed by atoms with Crippen LogP contribution >= 0.6 is 0 Å². The first-order valence-electron chi connectivity index (χ1n) is 6.90. The van der Waals surface area contributed by atoms with E-state index in [9.17, 15) is 0 Å². The summed E-state index contributed by atoms with van der Waals surface area (Å²) in [6, 6.07) is 1.28. The number of hydrogen-bond acceptors (Lipinski definition) is 2. The standard InChI is InChI=1S/C15H28N2/c1-6-8-9-10-17-12-14(15(3,4)5)16-11-13(17)7-2/h1,13-14,16H,7-12H2,2-5H3. The molecule has 2 nitrogen and oxygen atoms in total. The normalized spacial score (nSPS) is 26.8. The fraction of sp³-hybridized carbons (Fsp3) is 0.867. The smallest absolute Gasteiger partial charge is 0.0244 e. The van der Waals surface area contributed by atoms with Gasteiger partial charge in [0.15, 0.2) is 0 Å². The van der Waals surface area contributed by atoms with Crippen LogP contribution in [-0.2, 0) is 0 Å². The van der Waals surface area contributed by atoms with Crippen LogP contribution in [0, 0.1) is 17.8 Å². The Kier molecular flexibility index (Phi) is 5.49. The summed E-state index contributed by atoms with van der Waals surface area (Å²) in [5, 5.41) is 3.70. The van der Waals surface area contributed by atoms with Gasteiger partial charge in [0.2, 0.25) is 0 Å². The molecule has 17 heavy (non-hydrogen) atoms. The molecule has 2 heteroatoms. The Morgan fingerprint density at radius 3 is 2.65 bits per heavy atom. The zero-order valence-corrected chi connectivity index (χ0v) is 11.9. The molecule has 1 rings (SSSR count). The highest BCUT2D eigenvalue weighted by molar-refractivity contribution is 4.92.